The van der Waals surface area contributed by atoms with Gasteiger partial charge in [0.15, 0.2) is 6.29 Å². The highest BCUT2D eigenvalue weighted by Crippen LogP contribution is 2.14. The fraction of sp³-hybridized carbons (Fsp3) is 0.182. The van der Waals surface area contributed by atoms with Crippen LogP contribution in [-0.4, -0.2) is 14.8 Å². The molecule has 0 fully saturated rings. The molecule has 4 nitrogen and oxygen atoms in total. The number of aromatic nitrogens is 1. The Bertz CT molecular complexity index is 557. The monoisotopic (exact) mass is 205 g/mol. The minimum Gasteiger partial charge on any atom is -0.364 e. The van der Waals surface area contributed by atoms with Crippen LogP contribution in [0.25, 0.3) is 10.9 Å². The number of nitrogens with zero attached hydrogens (tertiary/aromatic N) is 1. The highest BCUT2D eigenvalue weighted by atomic mass is 16.5. The van der Waals surface area contributed by atoms with Crippen molar-refractivity contribution in [3.05, 3.63) is 46.2 Å². The van der Waals surface area contributed by atoms with E-state index in [1.165, 1.54) is 10.6 Å². The van der Waals surface area contributed by atoms with Crippen LogP contribution in [0.15, 0.2) is 35.1 Å². The summed E-state index contributed by atoms with van der Waals surface area (Å²) in [6.45, 7) is 0. The van der Waals surface area contributed by atoms with E-state index >= 15 is 0 Å². The zero-order valence-corrected chi connectivity index (χ0v) is 8.21. The molecule has 1 aromatic carbocycles. The Morgan fingerprint density at radius 2 is 1.93 bits per heavy atom. The summed E-state index contributed by atoms with van der Waals surface area (Å²) in [7, 11) is 1.61. The maximum Gasteiger partial charge on any atom is 0.259 e. The van der Waals surface area contributed by atoms with Crippen LogP contribution in [0, 0.1) is 0 Å². The summed E-state index contributed by atoms with van der Waals surface area (Å²) in [5.41, 5.74) is 0.381. The highest BCUT2D eigenvalue weighted by molar-refractivity contribution is 5.79. The van der Waals surface area contributed by atoms with Gasteiger partial charge in [-0.2, -0.15) is 0 Å². The Balaban J connectivity index is 2.89. The molecule has 0 saturated heterocycles. The Labute approximate surface area is 86.0 Å². The lowest BCUT2D eigenvalue weighted by Crippen LogP contribution is -2.23. The number of rotatable bonds is 1. The molecule has 0 aliphatic carbocycles. The van der Waals surface area contributed by atoms with E-state index in [0.29, 0.717) is 0 Å². The molecule has 0 aliphatic heterocycles. The van der Waals surface area contributed by atoms with Crippen molar-refractivity contribution in [2.75, 3.05) is 0 Å². The Hall–Kier alpha value is -1.65. The number of para-hydroxylation sites is 1. The normalized spacial score (nSPS) is 11.2. The van der Waals surface area contributed by atoms with Gasteiger partial charge in [-0.3, -0.25) is 4.79 Å². The van der Waals surface area contributed by atoms with E-state index in [0.717, 1.165) is 10.9 Å². The third-order valence-electron chi connectivity index (χ3n) is 2.44. The summed E-state index contributed by atoms with van der Waals surface area (Å²) in [6.07, 6.45) is -1.73. The first kappa shape index (κ1) is 9.89. The minimum atomic E-state index is -1.73. The van der Waals surface area contributed by atoms with Crippen LogP contribution >= 0.6 is 0 Å². The molecular formula is C11H11NO3. The summed E-state index contributed by atoms with van der Waals surface area (Å²) in [5, 5.41) is 18.9. The van der Waals surface area contributed by atoms with Gasteiger partial charge in [0.2, 0.25) is 0 Å². The molecule has 0 amide bonds. The van der Waals surface area contributed by atoms with Crippen molar-refractivity contribution in [1.82, 2.24) is 4.57 Å². The largest absolute Gasteiger partial charge is 0.364 e. The van der Waals surface area contributed by atoms with Gasteiger partial charge in [0.1, 0.15) is 0 Å². The molecule has 78 valence electrons. The van der Waals surface area contributed by atoms with Crippen molar-refractivity contribution in [1.29, 1.82) is 0 Å². The first-order valence-electron chi connectivity index (χ1n) is 4.56. The first-order valence-corrected chi connectivity index (χ1v) is 4.56. The lowest BCUT2D eigenvalue weighted by Gasteiger charge is -2.09. The molecule has 0 radical (unpaired) electrons. The molecule has 1 heterocycles. The molecule has 0 unspecified atom stereocenters. The fourth-order valence-corrected chi connectivity index (χ4v) is 1.63. The number of pyridine rings is 1. The summed E-state index contributed by atoms with van der Waals surface area (Å²) in [5.74, 6) is 0. The Kier molecular flexibility index (Phi) is 2.30. The van der Waals surface area contributed by atoms with E-state index in [-0.39, 0.29) is 11.1 Å². The molecule has 0 aliphatic rings. The summed E-state index contributed by atoms with van der Waals surface area (Å²) in [4.78, 5) is 11.7. The molecule has 4 heteroatoms. The van der Waals surface area contributed by atoms with Gasteiger partial charge in [-0.1, -0.05) is 18.2 Å². The van der Waals surface area contributed by atoms with Crippen LogP contribution in [0.4, 0.5) is 0 Å². The molecule has 0 atom stereocenters. The fourth-order valence-electron chi connectivity index (χ4n) is 1.63. The smallest absolute Gasteiger partial charge is 0.259 e. The lowest BCUT2D eigenvalue weighted by atomic mass is 10.1. The predicted molar refractivity (Wildman–Crippen MR) is 56.4 cm³/mol. The molecule has 2 aromatic rings. The second-order valence-corrected chi connectivity index (χ2v) is 3.40. The average molecular weight is 205 g/mol. The van der Waals surface area contributed by atoms with Crippen molar-refractivity contribution < 1.29 is 10.2 Å². The number of aliphatic hydroxyl groups excluding tert-OH is 1. The van der Waals surface area contributed by atoms with Crippen LogP contribution in [0.1, 0.15) is 11.9 Å². The van der Waals surface area contributed by atoms with Crippen LogP contribution in [0.3, 0.4) is 0 Å². The molecule has 2 N–H and O–H groups in total. The summed E-state index contributed by atoms with van der Waals surface area (Å²) >= 11 is 0. The van der Waals surface area contributed by atoms with Crippen LogP contribution < -0.4 is 5.56 Å². The zero-order valence-electron chi connectivity index (χ0n) is 8.21. The van der Waals surface area contributed by atoms with Gasteiger partial charge in [0.25, 0.3) is 5.56 Å². The quantitative estimate of drug-likeness (QED) is 0.667. The molecule has 0 saturated carbocycles. The van der Waals surface area contributed by atoms with Gasteiger partial charge in [-0.25, -0.2) is 0 Å². The Morgan fingerprint density at radius 1 is 1.27 bits per heavy atom. The van der Waals surface area contributed by atoms with Crippen molar-refractivity contribution in [3.63, 3.8) is 0 Å². The number of aryl methyl sites for hydroxylation is 1. The molecule has 15 heavy (non-hydrogen) atoms. The zero-order chi connectivity index (χ0) is 11.0. The van der Waals surface area contributed by atoms with Gasteiger partial charge in [-0.15, -0.1) is 0 Å². The van der Waals surface area contributed by atoms with Crippen LogP contribution in [0.2, 0.25) is 0 Å². The number of hydrogen-bond acceptors (Lipinski definition) is 3. The average Bonchev–Trinajstić information content (AvgIpc) is 2.23. The second-order valence-electron chi connectivity index (χ2n) is 3.40. The third kappa shape index (κ3) is 1.54. The maximum atomic E-state index is 11.7. The van der Waals surface area contributed by atoms with Crippen LogP contribution in [0.5, 0.6) is 0 Å². The molecule has 0 spiro atoms. The molecule has 0 bridgehead atoms. The SMILES string of the molecule is Cn1c(=O)c(C(O)O)cc2ccccc21. The number of hydrogen-bond donors (Lipinski definition) is 2. The number of aliphatic hydroxyl groups is 2. The van der Waals surface area contributed by atoms with Crippen LogP contribution in [-0.2, 0) is 7.05 Å². The second kappa shape index (κ2) is 3.49. The summed E-state index contributed by atoms with van der Waals surface area (Å²) < 4.78 is 1.41. The van der Waals surface area contributed by atoms with E-state index in [4.69, 9.17) is 10.2 Å². The lowest BCUT2D eigenvalue weighted by molar-refractivity contribution is -0.0436. The molecule has 2 rings (SSSR count). The van der Waals surface area contributed by atoms with E-state index in [9.17, 15) is 4.79 Å². The number of fused-ring (bicyclic) bond motifs is 1. The van der Waals surface area contributed by atoms with Gasteiger partial charge < -0.3 is 14.8 Å². The van der Waals surface area contributed by atoms with Gasteiger partial charge in [0.05, 0.1) is 11.1 Å². The molecular weight excluding hydrogens is 194 g/mol. The van der Waals surface area contributed by atoms with Crippen molar-refractivity contribution in [2.24, 2.45) is 7.05 Å². The van der Waals surface area contributed by atoms with E-state index in [1.54, 1.807) is 7.05 Å². The van der Waals surface area contributed by atoms with Gasteiger partial charge in [0, 0.05) is 7.05 Å². The topological polar surface area (TPSA) is 62.5 Å². The highest BCUT2D eigenvalue weighted by Gasteiger charge is 2.11. The van der Waals surface area contributed by atoms with Gasteiger partial charge >= 0.3 is 0 Å². The third-order valence-corrected chi connectivity index (χ3v) is 2.44. The predicted octanol–water partition coefficient (Wildman–Crippen LogP) is 0.522. The van der Waals surface area contributed by atoms with Gasteiger partial charge in [-0.05, 0) is 17.5 Å². The van der Waals surface area contributed by atoms with Crippen molar-refractivity contribution >= 4 is 10.9 Å². The minimum absolute atomic E-state index is 0.00352. The van der Waals surface area contributed by atoms with Crippen molar-refractivity contribution in [3.8, 4) is 0 Å². The summed E-state index contributed by atoms with van der Waals surface area (Å²) in [6, 6.07) is 8.80. The standard InChI is InChI=1S/C11H11NO3/c1-12-9-5-3-2-4-7(9)6-8(10(12)13)11(14)15/h2-6,11,14-15H,1H3. The van der Waals surface area contributed by atoms with E-state index in [1.807, 2.05) is 24.3 Å². The maximum absolute atomic E-state index is 11.7. The van der Waals surface area contributed by atoms with E-state index < -0.39 is 6.29 Å². The number of benzene rings is 1. The molecule has 1 aromatic heterocycles. The first-order chi connectivity index (χ1) is 7.11. The van der Waals surface area contributed by atoms with E-state index in [2.05, 4.69) is 0 Å². The van der Waals surface area contributed by atoms with Crippen molar-refractivity contribution in [2.45, 2.75) is 6.29 Å². The Morgan fingerprint density at radius 3 is 2.60 bits per heavy atom.